The predicted molar refractivity (Wildman–Crippen MR) is 20.4 cm³/mol. The van der Waals surface area contributed by atoms with Crippen molar-refractivity contribution in [1.29, 1.82) is 0 Å². The van der Waals surface area contributed by atoms with Crippen molar-refractivity contribution < 1.29 is 9.47 Å². The lowest BCUT2D eigenvalue weighted by Crippen LogP contribution is -1.09. The van der Waals surface area contributed by atoms with Crippen LogP contribution in [0.1, 0.15) is 0 Å². The van der Waals surface area contributed by atoms with Gasteiger partial charge in [0.05, 0.1) is 0 Å². The maximum atomic E-state index is 4.25. The highest BCUT2D eigenvalue weighted by Gasteiger charge is 1.74. The zero-order valence-corrected chi connectivity index (χ0v) is 3.13. The second kappa shape index (κ2) is 1.50. The van der Waals surface area contributed by atoms with E-state index < -0.39 is 0 Å². The van der Waals surface area contributed by atoms with Gasteiger partial charge in [-0.05, 0) is 0 Å². The van der Waals surface area contributed by atoms with Crippen LogP contribution in [0.25, 0.3) is 0 Å². The molecule has 0 fully saturated rings. The third-order valence-corrected chi connectivity index (χ3v) is 0.272. The minimum absolute atomic E-state index is 1.62. The van der Waals surface area contributed by atoms with Crippen molar-refractivity contribution in [3.05, 3.63) is 25.0 Å². The summed E-state index contributed by atoms with van der Waals surface area (Å²) in [5, 5.41) is 0. The zero-order valence-electron chi connectivity index (χ0n) is 3.13. The van der Waals surface area contributed by atoms with E-state index in [-0.39, 0.29) is 0 Å². The lowest BCUT2D eigenvalue weighted by molar-refractivity contribution is 0.541. The number of rotatable bonds is 0. The Morgan fingerprint density at radius 1 is 0.667 bits per heavy atom. The Balaban J connectivity index is 0.0000000600. The Morgan fingerprint density at radius 3 is 0.833 bits per heavy atom. The van der Waals surface area contributed by atoms with Gasteiger partial charge in [-0.25, -0.2) is 0 Å². The molecule has 0 aromatic heterocycles. The number of hydrogen-bond donors (Lipinski definition) is 0. The van der Waals surface area contributed by atoms with Gasteiger partial charge >= 0.3 is 0 Å². The van der Waals surface area contributed by atoms with Gasteiger partial charge in [-0.2, -0.15) is 0 Å². The van der Waals surface area contributed by atoms with Crippen molar-refractivity contribution in [1.82, 2.24) is 0 Å². The second-order valence-electron chi connectivity index (χ2n) is 0.816. The molecule has 0 aromatic rings. The smallest absolute Gasteiger partial charge is 0.125 e. The van der Waals surface area contributed by atoms with Gasteiger partial charge in [-0.15, -0.1) is 0 Å². The summed E-state index contributed by atoms with van der Waals surface area (Å²) in [6.45, 7) is 0. The maximum absolute atomic E-state index is 4.25. The van der Waals surface area contributed by atoms with Crippen molar-refractivity contribution in [2.24, 2.45) is 0 Å². The van der Waals surface area contributed by atoms with Crippen LogP contribution in [0.3, 0.4) is 0 Å². The first-order valence-electron chi connectivity index (χ1n) is 1.61. The van der Waals surface area contributed by atoms with Crippen molar-refractivity contribution in [2.75, 3.05) is 0 Å². The van der Waals surface area contributed by atoms with E-state index in [0.29, 0.717) is 0 Å². The van der Waals surface area contributed by atoms with Crippen molar-refractivity contribution in [2.45, 2.75) is 0 Å². The highest BCUT2D eigenvalue weighted by molar-refractivity contribution is 4.77. The average Bonchev–Trinajstić information content (AvgIpc) is 2.31. The summed E-state index contributed by atoms with van der Waals surface area (Å²) in [6.07, 6.45) is 6.50. The zero-order chi connectivity index (χ0) is 4.24. The first kappa shape index (κ1) is 3.28. The second-order valence-corrected chi connectivity index (χ2v) is 0.816. The summed E-state index contributed by atoms with van der Waals surface area (Å²) >= 11 is 0. The SMILES string of the molecule is C1=CO1.C1=CO1. The molecule has 0 aromatic carbocycles. The summed E-state index contributed by atoms with van der Waals surface area (Å²) < 4.78 is 8.50. The van der Waals surface area contributed by atoms with E-state index >= 15 is 0 Å². The van der Waals surface area contributed by atoms with E-state index in [1.807, 2.05) is 0 Å². The van der Waals surface area contributed by atoms with Gasteiger partial charge in [0.2, 0.25) is 0 Å². The van der Waals surface area contributed by atoms with E-state index in [2.05, 4.69) is 9.47 Å². The highest BCUT2D eigenvalue weighted by Crippen LogP contribution is 1.89. The largest absolute Gasteiger partial charge is 0.466 e. The monoisotopic (exact) mass is 84.0 g/mol. The molecule has 2 rings (SSSR count). The summed E-state index contributed by atoms with van der Waals surface area (Å²) in [7, 11) is 0. The highest BCUT2D eigenvalue weighted by atomic mass is 16.5. The van der Waals surface area contributed by atoms with Crippen LogP contribution in [-0.4, -0.2) is 0 Å². The van der Waals surface area contributed by atoms with Gasteiger partial charge < -0.3 is 9.47 Å². The fourth-order valence-electron chi connectivity index (χ4n) is 0. The summed E-state index contributed by atoms with van der Waals surface area (Å²) in [6, 6.07) is 0. The van der Waals surface area contributed by atoms with E-state index in [1.54, 1.807) is 25.0 Å². The standard InChI is InChI=1S/2C2H2O/c2*1-2-3-1/h2*1-2H. The molecule has 0 amide bonds. The molecule has 0 bridgehead atoms. The molecule has 2 nitrogen and oxygen atoms in total. The first-order chi connectivity index (χ1) is 3.00. The molecule has 0 aliphatic carbocycles. The topological polar surface area (TPSA) is 25.1 Å². The summed E-state index contributed by atoms with van der Waals surface area (Å²) in [4.78, 5) is 0. The Morgan fingerprint density at radius 2 is 0.833 bits per heavy atom. The van der Waals surface area contributed by atoms with Gasteiger partial charge in [-0.3, -0.25) is 0 Å². The van der Waals surface area contributed by atoms with Crippen LogP contribution in [0.4, 0.5) is 0 Å². The molecule has 0 N–H and O–H groups in total. The van der Waals surface area contributed by atoms with Crippen LogP contribution in [0.2, 0.25) is 0 Å². The fourth-order valence-corrected chi connectivity index (χ4v) is 0. The van der Waals surface area contributed by atoms with E-state index in [1.165, 1.54) is 0 Å². The molecule has 2 heterocycles. The Labute approximate surface area is 35.7 Å². The lowest BCUT2D eigenvalue weighted by Gasteiger charge is -1.37. The fraction of sp³-hybridized carbons (Fsp3) is 0. The number of hydrogen-bond acceptors (Lipinski definition) is 2. The van der Waals surface area contributed by atoms with E-state index in [0.717, 1.165) is 0 Å². The van der Waals surface area contributed by atoms with Gasteiger partial charge in [0.1, 0.15) is 25.0 Å². The molecule has 0 saturated carbocycles. The third kappa shape index (κ3) is 11.4. The third-order valence-electron chi connectivity index (χ3n) is 0.272. The van der Waals surface area contributed by atoms with Crippen LogP contribution in [0.15, 0.2) is 25.0 Å². The van der Waals surface area contributed by atoms with Gasteiger partial charge in [0, 0.05) is 0 Å². The minimum atomic E-state index is 1.62. The normalized spacial score (nSPS) is 16.0. The van der Waals surface area contributed by atoms with Crippen LogP contribution in [0.5, 0.6) is 0 Å². The van der Waals surface area contributed by atoms with Gasteiger partial charge in [0.25, 0.3) is 0 Å². The Hall–Kier alpha value is -0.920. The molecule has 0 atom stereocenters. The quantitative estimate of drug-likeness (QED) is 0.437. The molecule has 0 saturated heterocycles. The first-order valence-corrected chi connectivity index (χ1v) is 1.61. The molecule has 2 heteroatoms. The van der Waals surface area contributed by atoms with Crippen molar-refractivity contribution in [3.63, 3.8) is 0 Å². The van der Waals surface area contributed by atoms with Crippen molar-refractivity contribution >= 4 is 0 Å². The predicted octanol–water partition coefficient (Wildman–Crippen LogP) is 0.976. The maximum Gasteiger partial charge on any atom is 0.125 e. The minimum Gasteiger partial charge on any atom is -0.466 e. The Kier molecular flexibility index (Phi) is 0.819. The molecular weight excluding hydrogens is 80.0 g/mol. The van der Waals surface area contributed by atoms with Gasteiger partial charge in [0.15, 0.2) is 0 Å². The molecule has 0 unspecified atom stereocenters. The number of ether oxygens (including phenoxy) is 2. The molecule has 0 spiro atoms. The summed E-state index contributed by atoms with van der Waals surface area (Å²) in [5.74, 6) is 0. The lowest BCUT2D eigenvalue weighted by atomic mass is 11.3. The van der Waals surface area contributed by atoms with Crippen LogP contribution >= 0.6 is 0 Å². The molecule has 32 valence electrons. The molecule has 0 radical (unpaired) electrons. The van der Waals surface area contributed by atoms with Crippen molar-refractivity contribution in [3.8, 4) is 0 Å². The molecule has 6 heavy (non-hydrogen) atoms. The molecular formula is C4H4O2. The van der Waals surface area contributed by atoms with Gasteiger partial charge in [-0.1, -0.05) is 0 Å². The molecule has 2 aliphatic rings. The van der Waals surface area contributed by atoms with Crippen LogP contribution in [0, 0.1) is 0 Å². The van der Waals surface area contributed by atoms with Crippen LogP contribution in [-0.2, 0) is 9.47 Å². The van der Waals surface area contributed by atoms with E-state index in [9.17, 15) is 0 Å². The Bertz CT molecular complexity index is 63.5. The molecule has 2 aliphatic heterocycles. The average molecular weight is 84.1 g/mol. The van der Waals surface area contributed by atoms with Crippen LogP contribution < -0.4 is 0 Å². The van der Waals surface area contributed by atoms with E-state index in [4.69, 9.17) is 0 Å². The summed E-state index contributed by atoms with van der Waals surface area (Å²) in [5.41, 5.74) is 0.